The third-order valence-corrected chi connectivity index (χ3v) is 4.88. The fourth-order valence-corrected chi connectivity index (χ4v) is 3.57. The highest BCUT2D eigenvalue weighted by molar-refractivity contribution is 6.03. The zero-order chi connectivity index (χ0) is 19.4. The number of esters is 1. The van der Waals surface area contributed by atoms with Crippen molar-refractivity contribution >= 4 is 11.8 Å². The van der Waals surface area contributed by atoms with Gasteiger partial charge in [0, 0.05) is 24.8 Å². The Labute approximate surface area is 158 Å². The first-order chi connectivity index (χ1) is 13.0. The average Bonchev–Trinajstić information content (AvgIpc) is 3.00. The summed E-state index contributed by atoms with van der Waals surface area (Å²) in [5.41, 5.74) is 3.56. The number of ether oxygens (including phenoxy) is 3. The molecule has 1 atom stereocenters. The van der Waals surface area contributed by atoms with E-state index in [1.807, 2.05) is 31.2 Å². The largest absolute Gasteiger partial charge is 0.494 e. The van der Waals surface area contributed by atoms with Gasteiger partial charge in [-0.1, -0.05) is 12.1 Å². The van der Waals surface area contributed by atoms with Gasteiger partial charge >= 0.3 is 5.97 Å². The van der Waals surface area contributed by atoms with Crippen LogP contribution in [0.15, 0.2) is 24.3 Å². The van der Waals surface area contributed by atoms with Crippen molar-refractivity contribution in [2.45, 2.75) is 32.6 Å². The van der Waals surface area contributed by atoms with Crippen LogP contribution in [0.5, 0.6) is 5.75 Å². The second-order valence-corrected chi connectivity index (χ2v) is 6.64. The molecule has 2 aromatic rings. The van der Waals surface area contributed by atoms with Crippen molar-refractivity contribution in [2.24, 2.45) is 0 Å². The summed E-state index contributed by atoms with van der Waals surface area (Å²) in [6.07, 6.45) is 1.11. The van der Waals surface area contributed by atoms with Gasteiger partial charge in [-0.15, -0.1) is 0 Å². The minimum atomic E-state index is -0.454. The van der Waals surface area contributed by atoms with Crippen LogP contribution in [0.3, 0.4) is 0 Å². The quantitative estimate of drug-likeness (QED) is 0.596. The second kappa shape index (κ2) is 8.39. The monoisotopic (exact) mass is 371 g/mol. The SMILES string of the molecule is CCOc1ccc([C@@H]2CC(=O)c3c([nH]c(C(=O)OCCOC)c3C)C2)cc1. The third-order valence-electron chi connectivity index (χ3n) is 4.88. The lowest BCUT2D eigenvalue weighted by atomic mass is 9.81. The van der Waals surface area contributed by atoms with Gasteiger partial charge in [-0.2, -0.15) is 0 Å². The molecule has 1 aromatic heterocycles. The van der Waals surface area contributed by atoms with Crippen molar-refractivity contribution in [3.05, 3.63) is 52.3 Å². The first kappa shape index (κ1) is 19.2. The fraction of sp³-hybridized carbons (Fsp3) is 0.429. The van der Waals surface area contributed by atoms with Gasteiger partial charge in [0.2, 0.25) is 0 Å². The van der Waals surface area contributed by atoms with Crippen molar-refractivity contribution in [2.75, 3.05) is 26.9 Å². The van der Waals surface area contributed by atoms with Crippen molar-refractivity contribution in [3.63, 3.8) is 0 Å². The van der Waals surface area contributed by atoms with E-state index in [-0.39, 0.29) is 18.3 Å². The normalized spacial score (nSPS) is 16.1. The number of benzene rings is 1. The summed E-state index contributed by atoms with van der Waals surface area (Å²) in [7, 11) is 1.55. The molecule has 27 heavy (non-hydrogen) atoms. The number of methoxy groups -OCH3 is 1. The molecule has 1 N–H and O–H groups in total. The van der Waals surface area contributed by atoms with E-state index in [1.54, 1.807) is 14.0 Å². The summed E-state index contributed by atoms with van der Waals surface area (Å²) in [6.45, 7) is 4.87. The molecule has 1 aromatic carbocycles. The number of carbonyl (C=O) groups is 2. The fourth-order valence-electron chi connectivity index (χ4n) is 3.57. The molecule has 1 aliphatic carbocycles. The summed E-state index contributed by atoms with van der Waals surface area (Å²) in [5.74, 6) is 0.501. The Morgan fingerprint density at radius 2 is 1.93 bits per heavy atom. The summed E-state index contributed by atoms with van der Waals surface area (Å²) < 4.78 is 15.6. The molecule has 3 rings (SSSR count). The Morgan fingerprint density at radius 1 is 1.19 bits per heavy atom. The van der Waals surface area contributed by atoms with E-state index in [0.29, 0.717) is 42.9 Å². The highest BCUT2D eigenvalue weighted by atomic mass is 16.6. The molecule has 0 aliphatic heterocycles. The van der Waals surface area contributed by atoms with E-state index in [1.165, 1.54) is 0 Å². The topological polar surface area (TPSA) is 77.6 Å². The third kappa shape index (κ3) is 4.06. The highest BCUT2D eigenvalue weighted by Crippen LogP contribution is 2.35. The number of hydrogen-bond acceptors (Lipinski definition) is 5. The van der Waals surface area contributed by atoms with Crippen LogP contribution in [0.2, 0.25) is 0 Å². The van der Waals surface area contributed by atoms with Gasteiger partial charge in [-0.05, 0) is 49.4 Å². The number of ketones is 1. The highest BCUT2D eigenvalue weighted by Gasteiger charge is 2.32. The van der Waals surface area contributed by atoms with Crippen LogP contribution >= 0.6 is 0 Å². The van der Waals surface area contributed by atoms with Crippen molar-refractivity contribution in [1.29, 1.82) is 0 Å². The van der Waals surface area contributed by atoms with Gasteiger partial charge in [0.05, 0.1) is 13.2 Å². The molecule has 0 fully saturated rings. The van der Waals surface area contributed by atoms with E-state index >= 15 is 0 Å². The van der Waals surface area contributed by atoms with Gasteiger partial charge in [0.1, 0.15) is 18.1 Å². The predicted molar refractivity (Wildman–Crippen MR) is 101 cm³/mol. The smallest absolute Gasteiger partial charge is 0.355 e. The van der Waals surface area contributed by atoms with Crippen LogP contribution in [0.1, 0.15) is 56.9 Å². The van der Waals surface area contributed by atoms with E-state index < -0.39 is 5.97 Å². The number of hydrogen-bond donors (Lipinski definition) is 1. The second-order valence-electron chi connectivity index (χ2n) is 6.64. The standard InChI is InChI=1S/C21H25NO5/c1-4-26-16-7-5-14(6-8-16)15-11-17-19(18(23)12-15)13(2)20(22-17)21(24)27-10-9-25-3/h5-8,15,22H,4,9-12H2,1-3H3/t15-/m0/s1. The van der Waals surface area contributed by atoms with Gasteiger partial charge in [-0.25, -0.2) is 4.79 Å². The maximum absolute atomic E-state index is 12.7. The molecule has 6 heteroatoms. The van der Waals surface area contributed by atoms with Crippen LogP contribution in [0, 0.1) is 6.92 Å². The van der Waals surface area contributed by atoms with Crippen LogP contribution in [-0.4, -0.2) is 43.7 Å². The van der Waals surface area contributed by atoms with E-state index in [9.17, 15) is 9.59 Å². The minimum Gasteiger partial charge on any atom is -0.494 e. The molecular weight excluding hydrogens is 346 g/mol. The van der Waals surface area contributed by atoms with Crippen LogP contribution in [0.4, 0.5) is 0 Å². The van der Waals surface area contributed by atoms with Gasteiger partial charge < -0.3 is 19.2 Å². The van der Waals surface area contributed by atoms with Crippen molar-refractivity contribution < 1.29 is 23.8 Å². The predicted octanol–water partition coefficient (Wildman–Crippen LogP) is 3.44. The maximum atomic E-state index is 12.7. The first-order valence-corrected chi connectivity index (χ1v) is 9.18. The molecular formula is C21H25NO5. The van der Waals surface area contributed by atoms with Gasteiger partial charge in [0.25, 0.3) is 0 Å². The van der Waals surface area contributed by atoms with Crippen molar-refractivity contribution in [3.8, 4) is 5.75 Å². The molecule has 0 saturated carbocycles. The molecule has 0 bridgehead atoms. The Hall–Kier alpha value is -2.60. The average molecular weight is 371 g/mol. The number of aromatic nitrogens is 1. The molecule has 0 amide bonds. The number of H-pyrrole nitrogens is 1. The maximum Gasteiger partial charge on any atom is 0.355 e. The van der Waals surface area contributed by atoms with Crippen molar-refractivity contribution in [1.82, 2.24) is 4.98 Å². The first-order valence-electron chi connectivity index (χ1n) is 9.18. The number of aromatic amines is 1. The summed E-state index contributed by atoms with van der Waals surface area (Å²) in [5, 5.41) is 0. The lowest BCUT2D eigenvalue weighted by Crippen LogP contribution is -2.18. The molecule has 1 heterocycles. The molecule has 144 valence electrons. The Kier molecular flexibility index (Phi) is 5.96. The molecule has 0 saturated heterocycles. The lowest BCUT2D eigenvalue weighted by Gasteiger charge is -2.22. The molecule has 0 unspecified atom stereocenters. The van der Waals surface area contributed by atoms with Crippen LogP contribution < -0.4 is 4.74 Å². The van der Waals surface area contributed by atoms with Gasteiger partial charge in [0.15, 0.2) is 5.78 Å². The number of carbonyl (C=O) groups excluding carboxylic acids is 2. The van der Waals surface area contributed by atoms with E-state index in [4.69, 9.17) is 14.2 Å². The number of rotatable bonds is 7. The van der Waals surface area contributed by atoms with Gasteiger partial charge in [-0.3, -0.25) is 4.79 Å². The zero-order valence-corrected chi connectivity index (χ0v) is 16.0. The lowest BCUT2D eigenvalue weighted by molar-refractivity contribution is 0.0381. The number of Topliss-reactive ketones (excluding diaryl/α,β-unsaturated/α-hetero) is 1. The Balaban J connectivity index is 1.79. The van der Waals surface area contributed by atoms with Crippen LogP contribution in [-0.2, 0) is 15.9 Å². The number of nitrogens with one attached hydrogen (secondary N) is 1. The molecule has 1 aliphatic rings. The summed E-state index contributed by atoms with van der Waals surface area (Å²) >= 11 is 0. The van der Waals surface area contributed by atoms with E-state index in [0.717, 1.165) is 17.0 Å². The molecule has 0 radical (unpaired) electrons. The van der Waals surface area contributed by atoms with E-state index in [2.05, 4.69) is 4.98 Å². The zero-order valence-electron chi connectivity index (χ0n) is 16.0. The number of fused-ring (bicyclic) bond motifs is 1. The summed E-state index contributed by atoms with van der Waals surface area (Å²) in [4.78, 5) is 28.1. The Bertz CT molecular complexity index is 822. The molecule has 0 spiro atoms. The Morgan fingerprint density at radius 3 is 2.59 bits per heavy atom. The minimum absolute atomic E-state index is 0.0554. The van der Waals surface area contributed by atoms with Crippen LogP contribution in [0.25, 0.3) is 0 Å². The summed E-state index contributed by atoms with van der Waals surface area (Å²) in [6, 6.07) is 7.86. The molecule has 6 nitrogen and oxygen atoms in total.